The molecule has 0 aliphatic carbocycles. The van der Waals surface area contributed by atoms with Gasteiger partial charge in [0, 0.05) is 6.04 Å². The minimum absolute atomic E-state index is 0.0480. The first kappa shape index (κ1) is 12.7. The Hall–Kier alpha value is -0.770. The van der Waals surface area contributed by atoms with Crippen LogP contribution in [0.25, 0.3) is 0 Å². The lowest BCUT2D eigenvalue weighted by Crippen LogP contribution is -2.07. The molecule has 0 spiro atoms. The Morgan fingerprint density at radius 3 is 2.71 bits per heavy atom. The van der Waals surface area contributed by atoms with E-state index in [4.69, 9.17) is 23.2 Å². The summed E-state index contributed by atoms with van der Waals surface area (Å²) >= 11 is 13.3. The lowest BCUT2D eigenvalue weighted by molar-refractivity contribution is 0.627. The Morgan fingerprint density at radius 1 is 1.35 bits per heavy atom. The highest BCUT2D eigenvalue weighted by molar-refractivity contribution is 7.14. The second kappa shape index (κ2) is 5.25. The molecule has 0 saturated carbocycles. The maximum Gasteiger partial charge on any atom is 0.147 e. The quantitative estimate of drug-likeness (QED) is 0.801. The van der Waals surface area contributed by atoms with Crippen molar-refractivity contribution in [2.45, 2.75) is 13.0 Å². The third-order valence-corrected chi connectivity index (χ3v) is 3.84. The van der Waals surface area contributed by atoms with E-state index >= 15 is 0 Å². The molecule has 1 N–H and O–H groups in total. The Bertz CT molecular complexity index is 507. The summed E-state index contributed by atoms with van der Waals surface area (Å²) in [5.41, 5.74) is 1.34. The summed E-state index contributed by atoms with van der Waals surface area (Å²) in [6, 6.07) is 6.42. The van der Waals surface area contributed by atoms with Gasteiger partial charge in [-0.2, -0.15) is 0 Å². The molecule has 1 aromatic carbocycles. The summed E-state index contributed by atoms with van der Waals surface area (Å²) in [5.74, 6) is -0.356. The van der Waals surface area contributed by atoms with E-state index in [-0.39, 0.29) is 11.9 Å². The first-order valence-electron chi connectivity index (χ1n) is 5.02. The number of benzene rings is 1. The van der Waals surface area contributed by atoms with Crippen LogP contribution in [0.5, 0.6) is 0 Å². The molecule has 2 aromatic rings. The van der Waals surface area contributed by atoms with Crippen LogP contribution in [-0.2, 0) is 0 Å². The van der Waals surface area contributed by atoms with Crippen LogP contribution in [-0.4, -0.2) is 0 Å². The lowest BCUT2D eigenvalue weighted by atomic mass is 10.1. The van der Waals surface area contributed by atoms with Crippen LogP contribution in [0.3, 0.4) is 0 Å². The van der Waals surface area contributed by atoms with Gasteiger partial charge in [0.25, 0.3) is 0 Å². The van der Waals surface area contributed by atoms with Crippen LogP contribution < -0.4 is 5.32 Å². The molecule has 5 heteroatoms. The monoisotopic (exact) mass is 289 g/mol. The molecule has 0 bridgehead atoms. The zero-order chi connectivity index (χ0) is 12.4. The molecule has 90 valence electrons. The van der Waals surface area contributed by atoms with Gasteiger partial charge in [-0.1, -0.05) is 29.3 Å². The summed E-state index contributed by atoms with van der Waals surface area (Å²) < 4.78 is 14.3. The van der Waals surface area contributed by atoms with Crippen molar-refractivity contribution in [2.75, 3.05) is 5.32 Å². The molecule has 2 rings (SSSR count). The van der Waals surface area contributed by atoms with Gasteiger partial charge in [-0.05, 0) is 36.1 Å². The minimum atomic E-state index is -0.356. The Morgan fingerprint density at radius 2 is 2.12 bits per heavy atom. The van der Waals surface area contributed by atoms with Gasteiger partial charge in [-0.25, -0.2) is 4.39 Å². The van der Waals surface area contributed by atoms with Crippen molar-refractivity contribution in [2.24, 2.45) is 0 Å². The van der Waals surface area contributed by atoms with Crippen molar-refractivity contribution < 1.29 is 4.39 Å². The van der Waals surface area contributed by atoms with Crippen molar-refractivity contribution in [3.8, 4) is 0 Å². The number of para-hydroxylation sites is 1. The fraction of sp³-hybridized carbons (Fsp3) is 0.167. The zero-order valence-electron chi connectivity index (χ0n) is 9.01. The lowest BCUT2D eigenvalue weighted by Gasteiger charge is -2.15. The molecule has 0 saturated heterocycles. The second-order valence-electron chi connectivity index (χ2n) is 3.65. The number of halogens is 3. The van der Waals surface area contributed by atoms with Gasteiger partial charge in [-0.3, -0.25) is 0 Å². The molecule has 0 aliphatic heterocycles. The van der Waals surface area contributed by atoms with Gasteiger partial charge in [0.1, 0.15) is 5.82 Å². The molecule has 0 radical (unpaired) electrons. The van der Waals surface area contributed by atoms with Crippen molar-refractivity contribution in [1.29, 1.82) is 0 Å². The average Bonchev–Trinajstić information content (AvgIpc) is 2.70. The SMILES string of the molecule is CC(Nc1c(F)cccc1Cl)c1csc(Cl)c1. The minimum Gasteiger partial charge on any atom is -0.375 e. The standard InChI is InChI=1S/C12H10Cl2FNS/c1-7(8-5-11(14)17-6-8)16-12-9(13)3-2-4-10(12)15/h2-7,16H,1H3. The van der Waals surface area contributed by atoms with Crippen LogP contribution in [0.15, 0.2) is 29.6 Å². The third-order valence-electron chi connectivity index (χ3n) is 2.41. The largest absolute Gasteiger partial charge is 0.375 e. The first-order chi connectivity index (χ1) is 8.08. The van der Waals surface area contributed by atoms with E-state index in [1.165, 1.54) is 17.4 Å². The second-order valence-corrected chi connectivity index (χ2v) is 5.60. The van der Waals surface area contributed by atoms with Crippen molar-refractivity contribution in [1.82, 2.24) is 0 Å². The van der Waals surface area contributed by atoms with E-state index in [2.05, 4.69) is 5.32 Å². The first-order valence-corrected chi connectivity index (χ1v) is 6.66. The van der Waals surface area contributed by atoms with E-state index in [1.807, 2.05) is 18.4 Å². The summed E-state index contributed by atoms with van der Waals surface area (Å²) in [6.07, 6.45) is 0. The van der Waals surface area contributed by atoms with Crippen molar-refractivity contribution >= 4 is 40.2 Å². The van der Waals surface area contributed by atoms with Gasteiger partial charge in [0.05, 0.1) is 15.0 Å². The Kier molecular flexibility index (Phi) is 3.92. The average molecular weight is 290 g/mol. The summed E-state index contributed by atoms with van der Waals surface area (Å²) in [5, 5.41) is 5.36. The summed E-state index contributed by atoms with van der Waals surface area (Å²) in [7, 11) is 0. The highest BCUT2D eigenvalue weighted by Crippen LogP contribution is 2.31. The molecule has 0 fully saturated rings. The highest BCUT2D eigenvalue weighted by atomic mass is 35.5. The molecule has 17 heavy (non-hydrogen) atoms. The third kappa shape index (κ3) is 2.92. The van der Waals surface area contributed by atoms with Gasteiger partial charge >= 0.3 is 0 Å². The molecule has 0 amide bonds. The number of hydrogen-bond acceptors (Lipinski definition) is 2. The predicted molar refractivity (Wildman–Crippen MR) is 72.8 cm³/mol. The maximum atomic E-state index is 13.6. The smallest absolute Gasteiger partial charge is 0.147 e. The fourth-order valence-corrected chi connectivity index (χ4v) is 2.69. The van der Waals surface area contributed by atoms with Crippen LogP contribution in [0.4, 0.5) is 10.1 Å². The van der Waals surface area contributed by atoms with Gasteiger partial charge in [0.15, 0.2) is 0 Å². The van der Waals surface area contributed by atoms with E-state index in [9.17, 15) is 4.39 Å². The van der Waals surface area contributed by atoms with Gasteiger partial charge in [-0.15, -0.1) is 11.3 Å². The van der Waals surface area contributed by atoms with Gasteiger partial charge in [0.2, 0.25) is 0 Å². The molecule has 0 aliphatic rings. The zero-order valence-corrected chi connectivity index (χ0v) is 11.3. The molecule has 1 nitrogen and oxygen atoms in total. The topological polar surface area (TPSA) is 12.0 Å². The number of hydrogen-bond donors (Lipinski definition) is 1. The number of anilines is 1. The van der Waals surface area contributed by atoms with Crippen LogP contribution in [0.1, 0.15) is 18.5 Å². The van der Waals surface area contributed by atoms with Crippen LogP contribution >= 0.6 is 34.5 Å². The van der Waals surface area contributed by atoms with Gasteiger partial charge < -0.3 is 5.32 Å². The van der Waals surface area contributed by atoms with E-state index in [1.54, 1.807) is 12.1 Å². The molecular weight excluding hydrogens is 280 g/mol. The molecule has 1 heterocycles. The normalized spacial score (nSPS) is 12.5. The number of rotatable bonds is 3. The maximum absolute atomic E-state index is 13.6. The van der Waals surface area contributed by atoms with Crippen molar-refractivity contribution in [3.05, 3.63) is 50.4 Å². The predicted octanol–water partition coefficient (Wildman–Crippen LogP) is 5.37. The number of thiophene rings is 1. The number of nitrogens with one attached hydrogen (secondary N) is 1. The molecule has 1 atom stereocenters. The Labute approximate surface area is 113 Å². The van der Waals surface area contributed by atoms with Crippen molar-refractivity contribution in [3.63, 3.8) is 0 Å². The molecular formula is C12H10Cl2FNS. The van der Waals surface area contributed by atoms with E-state index in [0.717, 1.165) is 5.56 Å². The molecule has 1 unspecified atom stereocenters. The highest BCUT2D eigenvalue weighted by Gasteiger charge is 2.12. The summed E-state index contributed by atoms with van der Waals surface area (Å²) in [4.78, 5) is 0. The van der Waals surface area contributed by atoms with E-state index in [0.29, 0.717) is 15.0 Å². The summed E-state index contributed by atoms with van der Waals surface area (Å²) in [6.45, 7) is 1.93. The van der Waals surface area contributed by atoms with Crippen LogP contribution in [0.2, 0.25) is 9.36 Å². The fourth-order valence-electron chi connectivity index (χ4n) is 1.49. The molecule has 1 aromatic heterocycles. The van der Waals surface area contributed by atoms with Crippen LogP contribution in [0, 0.1) is 5.82 Å². The van der Waals surface area contributed by atoms with E-state index < -0.39 is 0 Å². The Balaban J connectivity index is 2.21.